The molecule has 2 unspecified atom stereocenters. The average molecular weight is 682 g/mol. The summed E-state index contributed by atoms with van der Waals surface area (Å²) < 4.78 is 0. The Balaban J connectivity index is 0.00000625. The number of likely N-dealkylation sites (tertiary alicyclic amines) is 1. The lowest BCUT2D eigenvalue weighted by molar-refractivity contribution is -0.142. The fourth-order valence-corrected chi connectivity index (χ4v) is 6.31. The van der Waals surface area contributed by atoms with E-state index in [0.29, 0.717) is 35.5 Å². The molecule has 0 radical (unpaired) electrons. The van der Waals surface area contributed by atoms with Gasteiger partial charge in [-0.25, -0.2) is 4.99 Å². The number of guanidine groups is 1. The number of hydrogen-bond acceptors (Lipinski definition) is 6. The van der Waals surface area contributed by atoms with Crippen molar-refractivity contribution in [2.45, 2.75) is 63.5 Å². The Morgan fingerprint density at radius 1 is 0.875 bits per heavy atom. The van der Waals surface area contributed by atoms with Gasteiger partial charge in [0.2, 0.25) is 23.6 Å². The number of carbonyl (C=O) groups is 4. The predicted octanol–water partition coefficient (Wildman–Crippen LogP) is 2.09. The quantitative estimate of drug-likeness (QED) is 0.111. The molecule has 1 saturated heterocycles. The number of aliphatic imine (C=N–C) groups is 1. The van der Waals surface area contributed by atoms with E-state index < -0.39 is 35.7 Å². The summed E-state index contributed by atoms with van der Waals surface area (Å²) in [4.78, 5) is 62.4. The highest BCUT2D eigenvalue weighted by atomic mass is 35.5. The first kappa shape index (κ1) is 37.8. The molecule has 0 bridgehead atoms. The van der Waals surface area contributed by atoms with Crippen molar-refractivity contribution in [1.29, 1.82) is 5.41 Å². The molecule has 1 aliphatic heterocycles. The lowest BCUT2D eigenvalue weighted by Gasteiger charge is -2.33. The lowest BCUT2D eigenvalue weighted by atomic mass is 9.83. The Kier molecular flexibility index (Phi) is 13.8. The summed E-state index contributed by atoms with van der Waals surface area (Å²) in [5.74, 6) is -3.10. The summed E-state index contributed by atoms with van der Waals surface area (Å²) in [6, 6.07) is 11.6. The molecule has 4 rings (SSSR count). The number of amidine groups is 1. The molecule has 13 nitrogen and oxygen atoms in total. The highest BCUT2D eigenvalue weighted by Gasteiger charge is 2.38. The van der Waals surface area contributed by atoms with Gasteiger partial charge in [0.25, 0.3) is 0 Å². The van der Waals surface area contributed by atoms with Gasteiger partial charge in [-0.15, -0.1) is 12.4 Å². The van der Waals surface area contributed by atoms with Crippen molar-refractivity contribution in [3.8, 4) is 0 Å². The van der Waals surface area contributed by atoms with Crippen molar-refractivity contribution in [2.75, 3.05) is 27.2 Å². The molecule has 1 saturated carbocycles. The number of nitrogens with zero attached hydrogens (tertiary/aromatic N) is 3. The van der Waals surface area contributed by atoms with E-state index in [0.717, 1.165) is 44.9 Å². The number of rotatable bonds is 12. The summed E-state index contributed by atoms with van der Waals surface area (Å²) >= 11 is 0. The van der Waals surface area contributed by atoms with Crippen molar-refractivity contribution in [3.63, 3.8) is 0 Å². The van der Waals surface area contributed by atoms with Gasteiger partial charge in [0.05, 0.1) is 5.69 Å². The maximum absolute atomic E-state index is 14.2. The first-order chi connectivity index (χ1) is 22.4. The minimum absolute atomic E-state index is 0. The van der Waals surface area contributed by atoms with E-state index in [4.69, 9.17) is 22.6 Å². The van der Waals surface area contributed by atoms with E-state index in [1.54, 1.807) is 67.5 Å². The third-order valence-electron chi connectivity index (χ3n) is 8.90. The second-order valence-electron chi connectivity index (χ2n) is 12.6. The largest absolute Gasteiger partial charge is 0.384 e. The molecule has 4 amide bonds. The predicted molar refractivity (Wildman–Crippen MR) is 188 cm³/mol. The minimum atomic E-state index is -1.10. The van der Waals surface area contributed by atoms with E-state index in [1.807, 2.05) is 0 Å². The molecule has 48 heavy (non-hydrogen) atoms. The zero-order chi connectivity index (χ0) is 34.1. The van der Waals surface area contributed by atoms with Gasteiger partial charge in [-0.05, 0) is 61.3 Å². The van der Waals surface area contributed by atoms with Crippen LogP contribution in [-0.2, 0) is 25.6 Å². The van der Waals surface area contributed by atoms with Crippen LogP contribution in [-0.4, -0.2) is 78.5 Å². The van der Waals surface area contributed by atoms with Crippen LogP contribution in [0.15, 0.2) is 53.5 Å². The highest BCUT2D eigenvalue weighted by molar-refractivity contribution is 6.02. The number of nitrogen functional groups attached to an aromatic ring is 1. The van der Waals surface area contributed by atoms with Crippen molar-refractivity contribution in [3.05, 3.63) is 65.2 Å². The molecule has 14 heteroatoms. The lowest BCUT2D eigenvalue weighted by Crippen LogP contribution is -2.56. The SMILES string of the molecule is CN(C)C(=O)C(Cc1ccc(C(=N)N)cc1)C(=O)N[C@H](C(=O)NC(C(=O)N1CCCC1)c1ccc(N=C(N)N)cc1)C1CCCCC1.Cl. The van der Waals surface area contributed by atoms with Gasteiger partial charge >= 0.3 is 0 Å². The smallest absolute Gasteiger partial charge is 0.249 e. The number of amides is 4. The number of nitrogens with two attached hydrogens (primary N) is 3. The molecule has 9 N–H and O–H groups in total. The first-order valence-corrected chi connectivity index (χ1v) is 16.2. The molecule has 2 aliphatic rings. The van der Waals surface area contributed by atoms with Gasteiger partial charge in [-0.2, -0.15) is 0 Å². The Labute approximate surface area is 288 Å². The van der Waals surface area contributed by atoms with E-state index >= 15 is 0 Å². The Morgan fingerprint density at radius 2 is 1.48 bits per heavy atom. The van der Waals surface area contributed by atoms with Crippen molar-refractivity contribution < 1.29 is 19.2 Å². The van der Waals surface area contributed by atoms with E-state index in [2.05, 4.69) is 15.6 Å². The van der Waals surface area contributed by atoms with E-state index in [-0.39, 0.29) is 42.4 Å². The second-order valence-corrected chi connectivity index (χ2v) is 12.6. The van der Waals surface area contributed by atoms with Crippen LogP contribution in [0.25, 0.3) is 0 Å². The maximum atomic E-state index is 14.2. The molecular weight excluding hydrogens is 634 g/mol. The maximum Gasteiger partial charge on any atom is 0.249 e. The van der Waals surface area contributed by atoms with Crippen LogP contribution in [0.4, 0.5) is 5.69 Å². The normalized spacial score (nSPS) is 16.4. The van der Waals surface area contributed by atoms with Gasteiger partial charge in [-0.1, -0.05) is 55.7 Å². The third-order valence-corrected chi connectivity index (χ3v) is 8.90. The minimum Gasteiger partial charge on any atom is -0.384 e. The Morgan fingerprint density at radius 3 is 2.02 bits per heavy atom. The molecule has 2 fully saturated rings. The van der Waals surface area contributed by atoms with Gasteiger partial charge < -0.3 is 37.6 Å². The molecule has 260 valence electrons. The standard InChI is InChI=1S/C34H47N9O4.ClH/c1-42(2)32(46)26(20-21-10-12-24(13-11-21)29(35)36)30(44)40-27(22-8-4-3-5-9-22)31(45)41-28(33(47)43-18-6-7-19-43)23-14-16-25(17-15-23)39-34(37)38;/h10-17,22,26-28H,3-9,18-20H2,1-2H3,(H3,35,36)(H,40,44)(H,41,45)(H4,37,38,39);1H/t26?,27-,28?;/m0./s1. The van der Waals surface area contributed by atoms with Crippen LogP contribution < -0.4 is 27.8 Å². The molecule has 0 aromatic heterocycles. The number of carbonyl (C=O) groups excluding carboxylic acids is 4. The van der Waals surface area contributed by atoms with Gasteiger partial charge in [0.15, 0.2) is 5.96 Å². The fraction of sp³-hybridized carbons (Fsp3) is 0.471. The zero-order valence-electron chi connectivity index (χ0n) is 27.6. The highest BCUT2D eigenvalue weighted by Crippen LogP contribution is 2.29. The molecule has 2 aromatic carbocycles. The molecule has 3 atom stereocenters. The second kappa shape index (κ2) is 17.5. The fourth-order valence-electron chi connectivity index (χ4n) is 6.31. The van der Waals surface area contributed by atoms with E-state index in [9.17, 15) is 19.2 Å². The van der Waals surface area contributed by atoms with Crippen LogP contribution in [0.1, 0.15) is 67.7 Å². The van der Waals surface area contributed by atoms with Gasteiger partial charge in [0, 0.05) is 32.7 Å². The van der Waals surface area contributed by atoms with Crippen LogP contribution in [0.2, 0.25) is 0 Å². The molecule has 1 heterocycles. The number of benzene rings is 2. The number of halogens is 1. The average Bonchev–Trinajstić information content (AvgIpc) is 3.60. The van der Waals surface area contributed by atoms with Crippen molar-refractivity contribution >= 4 is 53.5 Å². The van der Waals surface area contributed by atoms with Crippen LogP contribution in [0.3, 0.4) is 0 Å². The van der Waals surface area contributed by atoms with Crippen LogP contribution >= 0.6 is 12.4 Å². The summed E-state index contributed by atoms with van der Waals surface area (Å²) in [5.41, 5.74) is 18.9. The van der Waals surface area contributed by atoms with Crippen molar-refractivity contribution in [2.24, 2.45) is 34.0 Å². The summed E-state index contributed by atoms with van der Waals surface area (Å²) in [5, 5.41) is 13.6. The molecule has 1 aliphatic carbocycles. The van der Waals surface area contributed by atoms with Gasteiger partial charge in [0.1, 0.15) is 23.8 Å². The zero-order valence-corrected chi connectivity index (χ0v) is 28.4. The topological polar surface area (TPSA) is 213 Å². The van der Waals surface area contributed by atoms with Gasteiger partial charge in [-0.3, -0.25) is 24.6 Å². The monoisotopic (exact) mass is 681 g/mol. The van der Waals surface area contributed by atoms with Crippen LogP contribution in [0, 0.1) is 17.2 Å². The summed E-state index contributed by atoms with van der Waals surface area (Å²) in [6.07, 6.45) is 6.19. The number of hydrogen-bond donors (Lipinski definition) is 6. The molecule has 0 spiro atoms. The number of nitrogens with one attached hydrogen (secondary N) is 3. The van der Waals surface area contributed by atoms with Crippen LogP contribution in [0.5, 0.6) is 0 Å². The Hall–Kier alpha value is -4.65. The molecule has 2 aromatic rings. The first-order valence-electron chi connectivity index (χ1n) is 16.2. The summed E-state index contributed by atoms with van der Waals surface area (Å²) in [6.45, 7) is 1.20. The third kappa shape index (κ3) is 9.93. The molecular formula is C34H48ClN9O4. The van der Waals surface area contributed by atoms with E-state index in [1.165, 1.54) is 4.90 Å². The summed E-state index contributed by atoms with van der Waals surface area (Å²) in [7, 11) is 3.17. The Bertz CT molecular complexity index is 1460. The van der Waals surface area contributed by atoms with Crippen molar-refractivity contribution in [1.82, 2.24) is 20.4 Å².